The van der Waals surface area contributed by atoms with Crippen LogP contribution >= 0.6 is 24.4 Å². The molecule has 2 aromatic rings. The molecule has 0 spiro atoms. The first-order chi connectivity index (χ1) is 7.79. The van der Waals surface area contributed by atoms with Gasteiger partial charge in [0.15, 0.2) is 16.3 Å². The summed E-state index contributed by atoms with van der Waals surface area (Å²) >= 11 is 5.81. The molecule has 0 saturated heterocycles. The van der Waals surface area contributed by atoms with Crippen LogP contribution in [0.2, 0.25) is 0 Å². The van der Waals surface area contributed by atoms with Gasteiger partial charge >= 0.3 is 0 Å². The van der Waals surface area contributed by atoms with Gasteiger partial charge in [0.05, 0.1) is 0 Å². The van der Waals surface area contributed by atoms with Crippen LogP contribution in [0.1, 0.15) is 0 Å². The summed E-state index contributed by atoms with van der Waals surface area (Å²) in [6.45, 7) is 0.655. The molecular weight excluding hydrogens is 244 g/mol. The molecule has 1 aliphatic heterocycles. The summed E-state index contributed by atoms with van der Waals surface area (Å²) in [7, 11) is 0. The molecule has 1 aliphatic rings. The van der Waals surface area contributed by atoms with Gasteiger partial charge in [-0.1, -0.05) is 11.8 Å². The van der Waals surface area contributed by atoms with Gasteiger partial charge in [0, 0.05) is 29.9 Å². The van der Waals surface area contributed by atoms with E-state index in [2.05, 4.69) is 27.6 Å². The van der Waals surface area contributed by atoms with Crippen LogP contribution < -0.4 is 5.56 Å². The first-order valence-corrected chi connectivity index (χ1v) is 6.30. The molecule has 0 aliphatic carbocycles. The normalized spacial score (nSPS) is 18.9. The van der Waals surface area contributed by atoms with Crippen LogP contribution in [0, 0.1) is 0 Å². The predicted molar refractivity (Wildman–Crippen MR) is 65.1 cm³/mol. The highest BCUT2D eigenvalue weighted by molar-refractivity contribution is 8.00. The van der Waals surface area contributed by atoms with E-state index < -0.39 is 0 Å². The maximum absolute atomic E-state index is 12.1. The molecule has 0 aromatic carbocycles. The highest BCUT2D eigenvalue weighted by atomic mass is 32.2. The molecule has 3 heterocycles. The molecule has 1 atom stereocenters. The fourth-order valence-corrected chi connectivity index (χ4v) is 3.02. The van der Waals surface area contributed by atoms with E-state index in [9.17, 15) is 4.79 Å². The standard InChI is InChI=1S/C9H8N4OS2/c14-8-6-7(11-2-1-10-6)12-9-13(8)3-5(4-15)16-9/h1-2,5,15H,3-4H2. The summed E-state index contributed by atoms with van der Waals surface area (Å²) in [5, 5.41) is 1.03. The van der Waals surface area contributed by atoms with Crippen molar-refractivity contribution < 1.29 is 0 Å². The Bertz CT molecular complexity index is 612. The number of hydrogen-bond donors (Lipinski definition) is 1. The number of thiol groups is 1. The SMILES string of the molecule is O=c1c2nccnc2nc2n1CC(CS)S2. The third-order valence-electron chi connectivity index (χ3n) is 2.42. The monoisotopic (exact) mass is 252 g/mol. The van der Waals surface area contributed by atoms with Crippen molar-refractivity contribution in [2.75, 3.05) is 5.75 Å². The molecule has 5 nitrogen and oxygen atoms in total. The molecular formula is C9H8N4OS2. The van der Waals surface area contributed by atoms with Crippen molar-refractivity contribution in [3.63, 3.8) is 0 Å². The number of hydrogen-bond acceptors (Lipinski definition) is 6. The quantitative estimate of drug-likeness (QED) is 0.594. The third kappa shape index (κ3) is 1.42. The van der Waals surface area contributed by atoms with Gasteiger partial charge in [0.25, 0.3) is 5.56 Å². The van der Waals surface area contributed by atoms with Crippen LogP contribution in [0.5, 0.6) is 0 Å². The molecule has 0 bridgehead atoms. The highest BCUT2D eigenvalue weighted by Gasteiger charge is 2.25. The van der Waals surface area contributed by atoms with E-state index in [1.807, 2.05) is 0 Å². The van der Waals surface area contributed by atoms with Gasteiger partial charge in [-0.05, 0) is 0 Å². The van der Waals surface area contributed by atoms with Crippen LogP contribution in [-0.2, 0) is 6.54 Å². The smallest absolute Gasteiger partial charge is 0.282 e. The lowest BCUT2D eigenvalue weighted by Gasteiger charge is -2.01. The Morgan fingerprint density at radius 2 is 2.31 bits per heavy atom. The van der Waals surface area contributed by atoms with Gasteiger partial charge in [-0.2, -0.15) is 12.6 Å². The van der Waals surface area contributed by atoms with Crippen LogP contribution in [-0.4, -0.2) is 30.5 Å². The molecule has 16 heavy (non-hydrogen) atoms. The van der Waals surface area contributed by atoms with Crippen molar-refractivity contribution in [1.82, 2.24) is 19.5 Å². The Hall–Kier alpha value is -1.08. The van der Waals surface area contributed by atoms with E-state index in [0.29, 0.717) is 23.0 Å². The highest BCUT2D eigenvalue weighted by Crippen LogP contribution is 2.29. The van der Waals surface area contributed by atoms with Crippen molar-refractivity contribution in [2.24, 2.45) is 0 Å². The van der Waals surface area contributed by atoms with Crippen molar-refractivity contribution in [3.05, 3.63) is 22.7 Å². The minimum Gasteiger partial charge on any atom is -0.284 e. The van der Waals surface area contributed by atoms with E-state index in [4.69, 9.17) is 0 Å². The van der Waals surface area contributed by atoms with E-state index in [-0.39, 0.29) is 5.56 Å². The third-order valence-corrected chi connectivity index (χ3v) is 4.28. The second-order valence-electron chi connectivity index (χ2n) is 3.46. The van der Waals surface area contributed by atoms with E-state index in [1.165, 1.54) is 6.20 Å². The Balaban J connectivity index is 2.28. The van der Waals surface area contributed by atoms with Gasteiger partial charge in [-0.15, -0.1) is 0 Å². The maximum Gasteiger partial charge on any atom is 0.282 e. The minimum absolute atomic E-state index is 0.107. The lowest BCUT2D eigenvalue weighted by molar-refractivity contribution is 0.628. The fraction of sp³-hybridized carbons (Fsp3) is 0.333. The van der Waals surface area contributed by atoms with E-state index in [1.54, 1.807) is 22.5 Å². The largest absolute Gasteiger partial charge is 0.284 e. The van der Waals surface area contributed by atoms with Crippen LogP contribution in [0.3, 0.4) is 0 Å². The zero-order chi connectivity index (χ0) is 11.1. The predicted octanol–water partition coefficient (Wildman–Crippen LogP) is 0.591. The van der Waals surface area contributed by atoms with Crippen molar-refractivity contribution in [3.8, 4) is 0 Å². The fourth-order valence-electron chi connectivity index (χ4n) is 1.66. The molecule has 7 heteroatoms. The Morgan fingerprint density at radius 3 is 3.12 bits per heavy atom. The zero-order valence-electron chi connectivity index (χ0n) is 8.20. The van der Waals surface area contributed by atoms with Gasteiger partial charge < -0.3 is 0 Å². The average molecular weight is 252 g/mol. The summed E-state index contributed by atoms with van der Waals surface area (Å²) in [4.78, 5) is 24.5. The number of thioether (sulfide) groups is 1. The van der Waals surface area contributed by atoms with Crippen LogP contribution in [0.4, 0.5) is 0 Å². The number of fused-ring (bicyclic) bond motifs is 2. The summed E-state index contributed by atoms with van der Waals surface area (Å²) in [6.07, 6.45) is 3.05. The zero-order valence-corrected chi connectivity index (χ0v) is 9.91. The van der Waals surface area contributed by atoms with Crippen LogP contribution in [0.15, 0.2) is 22.3 Å². The summed E-state index contributed by atoms with van der Waals surface area (Å²) < 4.78 is 1.66. The van der Waals surface area contributed by atoms with Gasteiger partial charge in [-0.25, -0.2) is 15.0 Å². The minimum atomic E-state index is -0.107. The van der Waals surface area contributed by atoms with Gasteiger partial charge in [0.1, 0.15) is 0 Å². The van der Waals surface area contributed by atoms with Gasteiger partial charge in [-0.3, -0.25) is 9.36 Å². The van der Waals surface area contributed by atoms with E-state index in [0.717, 1.165) is 10.9 Å². The summed E-state index contributed by atoms with van der Waals surface area (Å²) in [5.41, 5.74) is 0.655. The molecule has 3 rings (SSSR count). The molecule has 0 N–H and O–H groups in total. The molecule has 0 saturated carbocycles. The Morgan fingerprint density at radius 1 is 1.50 bits per heavy atom. The second kappa shape index (κ2) is 3.74. The Labute approximate surface area is 101 Å². The number of nitrogens with zero attached hydrogens (tertiary/aromatic N) is 4. The average Bonchev–Trinajstić information content (AvgIpc) is 2.73. The lowest BCUT2D eigenvalue weighted by Crippen LogP contribution is -2.23. The van der Waals surface area contributed by atoms with Gasteiger partial charge in [0.2, 0.25) is 0 Å². The molecule has 1 unspecified atom stereocenters. The topological polar surface area (TPSA) is 60.7 Å². The summed E-state index contributed by atoms with van der Waals surface area (Å²) in [6, 6.07) is 0. The first kappa shape index (κ1) is 10.1. The molecule has 0 amide bonds. The molecule has 0 fully saturated rings. The summed E-state index contributed by atoms with van der Waals surface area (Å²) in [5.74, 6) is 0.727. The lowest BCUT2D eigenvalue weighted by atomic mass is 10.4. The van der Waals surface area contributed by atoms with Crippen LogP contribution in [0.25, 0.3) is 11.2 Å². The molecule has 0 radical (unpaired) electrons. The molecule has 82 valence electrons. The second-order valence-corrected chi connectivity index (χ2v) is 5.09. The number of rotatable bonds is 1. The van der Waals surface area contributed by atoms with Crippen molar-refractivity contribution >= 4 is 35.6 Å². The number of aromatic nitrogens is 4. The van der Waals surface area contributed by atoms with Crippen molar-refractivity contribution in [2.45, 2.75) is 17.0 Å². The molecule has 2 aromatic heterocycles. The van der Waals surface area contributed by atoms with E-state index >= 15 is 0 Å². The first-order valence-electron chi connectivity index (χ1n) is 4.78. The maximum atomic E-state index is 12.1. The Kier molecular flexibility index (Phi) is 2.36. The van der Waals surface area contributed by atoms with Crippen molar-refractivity contribution in [1.29, 1.82) is 0 Å².